The molecular formula is C33H47NO6S. The molecular weight excluding hydrogens is 538 g/mol. The summed E-state index contributed by atoms with van der Waals surface area (Å²) in [5.74, 6) is -2.34. The monoisotopic (exact) mass is 585 g/mol. The van der Waals surface area contributed by atoms with Crippen LogP contribution in [0.1, 0.15) is 120 Å². The summed E-state index contributed by atoms with van der Waals surface area (Å²) in [4.78, 5) is 49.8. The Bertz CT molecular complexity index is 1080. The summed E-state index contributed by atoms with van der Waals surface area (Å²) in [6.45, 7) is 1.40. The van der Waals surface area contributed by atoms with Crippen LogP contribution in [0, 0.1) is 5.92 Å². The van der Waals surface area contributed by atoms with Gasteiger partial charge in [0.2, 0.25) is 11.6 Å². The van der Waals surface area contributed by atoms with E-state index in [0.29, 0.717) is 31.5 Å². The maximum absolute atomic E-state index is 12.7. The summed E-state index contributed by atoms with van der Waals surface area (Å²) >= 11 is 1.55. The number of Topliss-reactive ketones (excluding diaryl/α,β-unsaturated/α-hetero) is 2. The van der Waals surface area contributed by atoms with Gasteiger partial charge in [0.05, 0.1) is 10.9 Å². The van der Waals surface area contributed by atoms with Gasteiger partial charge in [0.1, 0.15) is 0 Å². The van der Waals surface area contributed by atoms with Gasteiger partial charge < -0.3 is 15.1 Å². The molecule has 0 bridgehead atoms. The lowest BCUT2D eigenvalue weighted by atomic mass is 9.97. The van der Waals surface area contributed by atoms with Crippen molar-refractivity contribution in [3.8, 4) is 0 Å². The quantitative estimate of drug-likeness (QED) is 0.0911. The van der Waals surface area contributed by atoms with Crippen molar-refractivity contribution in [3.05, 3.63) is 34.7 Å². The lowest BCUT2D eigenvalue weighted by Crippen LogP contribution is -2.35. The molecule has 1 aliphatic heterocycles. The van der Waals surface area contributed by atoms with E-state index in [-0.39, 0.29) is 30.3 Å². The van der Waals surface area contributed by atoms with Gasteiger partial charge in [-0.05, 0) is 75.5 Å². The molecule has 0 aromatic carbocycles. The van der Waals surface area contributed by atoms with Crippen LogP contribution < -0.4 is 4.90 Å². The van der Waals surface area contributed by atoms with Crippen LogP contribution in [-0.4, -0.2) is 46.8 Å². The fourth-order valence-electron chi connectivity index (χ4n) is 5.75. The number of hydrogen-bond donors (Lipinski definition) is 2. The second-order valence-corrected chi connectivity index (χ2v) is 12.5. The number of carboxylic acids is 2. The van der Waals surface area contributed by atoms with Crippen molar-refractivity contribution in [1.29, 1.82) is 0 Å². The minimum atomic E-state index is -0.722. The normalized spacial score (nSPS) is 16.4. The average Bonchev–Trinajstić information content (AvgIpc) is 3.54. The van der Waals surface area contributed by atoms with E-state index < -0.39 is 11.9 Å². The number of nitrogens with zero attached hydrogens (tertiary/aromatic N) is 1. The molecule has 3 rings (SSSR count). The summed E-state index contributed by atoms with van der Waals surface area (Å²) in [6.07, 6.45) is 21.6. The van der Waals surface area contributed by atoms with E-state index in [1.807, 2.05) is 12.1 Å². The maximum atomic E-state index is 12.7. The molecule has 0 amide bonds. The number of aliphatic carboxylic acids is 2. The van der Waals surface area contributed by atoms with E-state index in [2.05, 4.69) is 17.1 Å². The van der Waals surface area contributed by atoms with Gasteiger partial charge >= 0.3 is 11.9 Å². The summed E-state index contributed by atoms with van der Waals surface area (Å²) in [5.41, 5.74) is 1.61. The molecule has 1 fully saturated rings. The van der Waals surface area contributed by atoms with Gasteiger partial charge in [-0.3, -0.25) is 19.2 Å². The van der Waals surface area contributed by atoms with E-state index in [9.17, 15) is 24.3 Å². The molecule has 7 nitrogen and oxygen atoms in total. The Balaban J connectivity index is 1.28. The van der Waals surface area contributed by atoms with Gasteiger partial charge in [-0.2, -0.15) is 0 Å². The standard InChI is InChI=1S/C33H47NO6S/c35-27-24-26(16-14-12-10-8-6-4-2-1-3-5-7-9-11-13-15-17-30(36)37)31(32(27)38)28-18-19-29(41-28)34-22-20-25(21-23-34)33(39)40/h1,3,18-19,25H,2,4-17,20-24H2,(H,36,37)(H,39,40)/b3-1-. The minimum absolute atomic E-state index is 0.252. The van der Waals surface area contributed by atoms with Crippen molar-refractivity contribution in [2.75, 3.05) is 18.0 Å². The van der Waals surface area contributed by atoms with Crippen molar-refractivity contribution < 1.29 is 29.4 Å². The van der Waals surface area contributed by atoms with Crippen LogP contribution >= 0.6 is 11.3 Å². The number of allylic oxidation sites excluding steroid dienone is 4. The number of carbonyl (C=O) groups excluding carboxylic acids is 2. The van der Waals surface area contributed by atoms with Gasteiger partial charge in [-0.25, -0.2) is 0 Å². The second kappa shape index (κ2) is 17.9. The molecule has 1 aromatic heterocycles. The van der Waals surface area contributed by atoms with Crippen LogP contribution in [0.15, 0.2) is 29.9 Å². The molecule has 8 heteroatoms. The van der Waals surface area contributed by atoms with Crippen molar-refractivity contribution >= 4 is 45.4 Å². The third kappa shape index (κ3) is 11.2. The maximum Gasteiger partial charge on any atom is 0.306 e. The van der Waals surface area contributed by atoms with Crippen LogP contribution in [0.3, 0.4) is 0 Å². The molecule has 0 radical (unpaired) electrons. The van der Waals surface area contributed by atoms with E-state index in [1.54, 1.807) is 11.3 Å². The minimum Gasteiger partial charge on any atom is -0.481 e. The van der Waals surface area contributed by atoms with Crippen LogP contribution in [0.4, 0.5) is 5.00 Å². The number of thiophene rings is 1. The lowest BCUT2D eigenvalue weighted by molar-refractivity contribution is -0.142. The number of carbonyl (C=O) groups is 4. The van der Waals surface area contributed by atoms with Gasteiger partial charge in [-0.1, -0.05) is 57.1 Å². The molecule has 1 aromatic rings. The van der Waals surface area contributed by atoms with Crippen molar-refractivity contribution in [1.82, 2.24) is 0 Å². The Hall–Kier alpha value is -2.74. The number of carboxylic acid groups (broad SMARTS) is 2. The molecule has 2 N–H and O–H groups in total. The van der Waals surface area contributed by atoms with Crippen LogP contribution in [0.25, 0.3) is 5.57 Å². The fraction of sp³-hybridized carbons (Fsp3) is 0.636. The predicted molar refractivity (Wildman–Crippen MR) is 164 cm³/mol. The van der Waals surface area contributed by atoms with Crippen molar-refractivity contribution in [3.63, 3.8) is 0 Å². The molecule has 1 aliphatic carbocycles. The van der Waals surface area contributed by atoms with Gasteiger partial charge in [0.15, 0.2) is 0 Å². The first kappa shape index (κ1) is 32.8. The molecule has 0 spiro atoms. The molecule has 1 saturated heterocycles. The number of piperidine rings is 1. The van der Waals surface area contributed by atoms with Crippen LogP contribution in [-0.2, 0) is 19.2 Å². The van der Waals surface area contributed by atoms with Gasteiger partial charge in [0, 0.05) is 36.4 Å². The summed E-state index contributed by atoms with van der Waals surface area (Å²) in [6, 6.07) is 3.96. The smallest absolute Gasteiger partial charge is 0.306 e. The Kier molecular flexibility index (Phi) is 14.3. The Labute approximate surface area is 248 Å². The Morgan fingerprint density at radius 1 is 0.829 bits per heavy atom. The first-order valence-electron chi connectivity index (χ1n) is 15.6. The number of anilines is 1. The zero-order valence-electron chi connectivity index (χ0n) is 24.4. The molecule has 0 atom stereocenters. The zero-order valence-corrected chi connectivity index (χ0v) is 25.2. The number of hydrogen-bond acceptors (Lipinski definition) is 6. The summed E-state index contributed by atoms with van der Waals surface area (Å²) < 4.78 is 0. The number of rotatable bonds is 20. The summed E-state index contributed by atoms with van der Waals surface area (Å²) in [5, 5.41) is 18.9. The molecule has 0 unspecified atom stereocenters. The first-order chi connectivity index (χ1) is 19.9. The highest BCUT2D eigenvalue weighted by molar-refractivity contribution is 7.17. The predicted octanol–water partition coefficient (Wildman–Crippen LogP) is 7.84. The first-order valence-corrected chi connectivity index (χ1v) is 16.4. The highest BCUT2D eigenvalue weighted by Crippen LogP contribution is 2.39. The van der Waals surface area contributed by atoms with Crippen LogP contribution in [0.5, 0.6) is 0 Å². The second-order valence-electron chi connectivity index (χ2n) is 11.5. The lowest BCUT2D eigenvalue weighted by Gasteiger charge is -2.30. The van der Waals surface area contributed by atoms with E-state index in [4.69, 9.17) is 5.11 Å². The van der Waals surface area contributed by atoms with Gasteiger partial charge in [-0.15, -0.1) is 11.3 Å². The topological polar surface area (TPSA) is 112 Å². The highest BCUT2D eigenvalue weighted by Gasteiger charge is 2.33. The SMILES string of the molecule is O=C(O)CCCCCCC/C=C\CCCCCCCCC1=C(c2ccc(N3CCC(C(=O)O)CC3)s2)C(=O)C(=O)C1. The molecule has 0 saturated carbocycles. The van der Waals surface area contributed by atoms with E-state index >= 15 is 0 Å². The fourth-order valence-corrected chi connectivity index (χ4v) is 6.90. The Morgan fingerprint density at radius 2 is 1.41 bits per heavy atom. The van der Waals surface area contributed by atoms with E-state index in [0.717, 1.165) is 66.8 Å². The highest BCUT2D eigenvalue weighted by atomic mass is 32.1. The van der Waals surface area contributed by atoms with Crippen molar-refractivity contribution in [2.24, 2.45) is 5.92 Å². The van der Waals surface area contributed by atoms with Crippen molar-refractivity contribution in [2.45, 2.75) is 116 Å². The molecule has 2 aliphatic rings. The van der Waals surface area contributed by atoms with E-state index in [1.165, 1.54) is 38.5 Å². The zero-order chi connectivity index (χ0) is 29.5. The molecule has 226 valence electrons. The third-order valence-corrected chi connectivity index (χ3v) is 9.39. The Morgan fingerprint density at radius 3 is 2.02 bits per heavy atom. The molecule has 2 heterocycles. The molecule has 41 heavy (non-hydrogen) atoms. The number of unbranched alkanes of at least 4 members (excludes halogenated alkanes) is 11. The third-order valence-electron chi connectivity index (χ3n) is 8.23. The van der Waals surface area contributed by atoms with Gasteiger partial charge in [0.25, 0.3) is 0 Å². The average molecular weight is 586 g/mol. The largest absolute Gasteiger partial charge is 0.481 e. The number of ketones is 2. The van der Waals surface area contributed by atoms with Crippen LogP contribution in [0.2, 0.25) is 0 Å². The summed E-state index contributed by atoms with van der Waals surface area (Å²) in [7, 11) is 0.